The van der Waals surface area contributed by atoms with E-state index in [1.54, 1.807) is 19.2 Å². The van der Waals surface area contributed by atoms with Gasteiger partial charge in [-0.05, 0) is 72.6 Å². The number of carbonyl (C=O) groups is 1. The SMILES string of the molecule is Cc1cc(S(=O)(=O)Nc2ccc(C(=O)N(C)Cc3ccc(F)cc3)cc2)ccc1F. The molecule has 0 saturated carbocycles. The molecule has 1 amide bonds. The molecule has 0 aliphatic heterocycles. The normalized spacial score (nSPS) is 11.2. The average Bonchev–Trinajstić information content (AvgIpc) is 2.71. The summed E-state index contributed by atoms with van der Waals surface area (Å²) < 4.78 is 53.8. The lowest BCUT2D eigenvalue weighted by molar-refractivity contribution is 0.0785. The molecule has 3 aromatic carbocycles. The summed E-state index contributed by atoms with van der Waals surface area (Å²) in [6, 6.07) is 15.4. The highest BCUT2D eigenvalue weighted by atomic mass is 32.2. The molecule has 3 aromatic rings. The zero-order valence-corrected chi connectivity index (χ0v) is 17.2. The van der Waals surface area contributed by atoms with Crippen molar-refractivity contribution in [2.24, 2.45) is 0 Å². The summed E-state index contributed by atoms with van der Waals surface area (Å²) in [5.41, 5.74) is 1.66. The number of hydrogen-bond donors (Lipinski definition) is 1. The van der Waals surface area contributed by atoms with Gasteiger partial charge < -0.3 is 4.90 Å². The van der Waals surface area contributed by atoms with Gasteiger partial charge in [0.15, 0.2) is 0 Å². The molecule has 5 nitrogen and oxygen atoms in total. The van der Waals surface area contributed by atoms with Crippen LogP contribution in [0.5, 0.6) is 0 Å². The molecule has 1 N–H and O–H groups in total. The largest absolute Gasteiger partial charge is 0.337 e. The Hall–Kier alpha value is -3.26. The molecule has 0 spiro atoms. The highest BCUT2D eigenvalue weighted by Gasteiger charge is 2.17. The van der Waals surface area contributed by atoms with Gasteiger partial charge in [-0.3, -0.25) is 9.52 Å². The van der Waals surface area contributed by atoms with Gasteiger partial charge in [-0.1, -0.05) is 12.1 Å². The van der Waals surface area contributed by atoms with Crippen molar-refractivity contribution in [2.75, 3.05) is 11.8 Å². The highest BCUT2D eigenvalue weighted by molar-refractivity contribution is 7.92. The quantitative estimate of drug-likeness (QED) is 0.632. The second-order valence-corrected chi connectivity index (χ2v) is 8.56. The van der Waals surface area contributed by atoms with Gasteiger partial charge in [-0.25, -0.2) is 17.2 Å². The summed E-state index contributed by atoms with van der Waals surface area (Å²) in [7, 11) is -2.26. The fourth-order valence-electron chi connectivity index (χ4n) is 2.84. The van der Waals surface area contributed by atoms with E-state index in [9.17, 15) is 22.0 Å². The standard InChI is InChI=1S/C22H20F2N2O3S/c1-15-13-20(11-12-21(15)24)30(28,29)25-19-9-5-17(6-10-19)22(27)26(2)14-16-3-7-18(23)8-4-16/h3-13,25H,14H2,1-2H3. The molecular weight excluding hydrogens is 410 g/mol. The molecule has 3 rings (SSSR count). The van der Waals surface area contributed by atoms with Crippen molar-refractivity contribution in [1.29, 1.82) is 0 Å². The minimum Gasteiger partial charge on any atom is -0.337 e. The zero-order chi connectivity index (χ0) is 21.9. The van der Waals surface area contributed by atoms with E-state index in [2.05, 4.69) is 4.72 Å². The fraction of sp³-hybridized carbons (Fsp3) is 0.136. The second-order valence-electron chi connectivity index (χ2n) is 6.88. The smallest absolute Gasteiger partial charge is 0.261 e. The van der Waals surface area contributed by atoms with Gasteiger partial charge in [0.1, 0.15) is 11.6 Å². The summed E-state index contributed by atoms with van der Waals surface area (Å²) in [6.45, 7) is 1.79. The third-order valence-electron chi connectivity index (χ3n) is 4.50. The van der Waals surface area contributed by atoms with Crippen LogP contribution in [0.2, 0.25) is 0 Å². The summed E-state index contributed by atoms with van der Waals surface area (Å²) in [4.78, 5) is 14.0. The first-order chi connectivity index (χ1) is 14.2. The van der Waals surface area contributed by atoms with E-state index in [1.807, 2.05) is 0 Å². The van der Waals surface area contributed by atoms with E-state index < -0.39 is 15.8 Å². The lowest BCUT2D eigenvalue weighted by Crippen LogP contribution is -2.26. The molecule has 0 atom stereocenters. The van der Waals surface area contributed by atoms with Crippen LogP contribution in [0.25, 0.3) is 0 Å². The van der Waals surface area contributed by atoms with Crippen LogP contribution in [0.1, 0.15) is 21.5 Å². The van der Waals surface area contributed by atoms with E-state index in [0.29, 0.717) is 12.1 Å². The van der Waals surface area contributed by atoms with E-state index >= 15 is 0 Å². The molecule has 0 aliphatic carbocycles. The topological polar surface area (TPSA) is 66.5 Å². The van der Waals surface area contributed by atoms with Gasteiger partial charge in [0.2, 0.25) is 0 Å². The van der Waals surface area contributed by atoms with Crippen molar-refractivity contribution in [3.05, 3.63) is 95.1 Å². The van der Waals surface area contributed by atoms with Crippen LogP contribution < -0.4 is 4.72 Å². The summed E-state index contributed by atoms with van der Waals surface area (Å²) in [5, 5.41) is 0. The average molecular weight is 430 g/mol. The predicted octanol–water partition coefficient (Wildman–Crippen LogP) is 4.35. The number of nitrogens with one attached hydrogen (secondary N) is 1. The number of sulfonamides is 1. The van der Waals surface area contributed by atoms with E-state index in [0.717, 1.165) is 11.6 Å². The Kier molecular flexibility index (Phi) is 6.17. The number of halogens is 2. The van der Waals surface area contributed by atoms with Gasteiger partial charge in [-0.2, -0.15) is 0 Å². The molecule has 0 fully saturated rings. The molecule has 0 unspecified atom stereocenters. The Morgan fingerprint density at radius 3 is 2.20 bits per heavy atom. The summed E-state index contributed by atoms with van der Waals surface area (Å²) in [5.74, 6) is -1.09. The van der Waals surface area contributed by atoms with E-state index in [1.165, 1.54) is 60.4 Å². The van der Waals surface area contributed by atoms with Crippen molar-refractivity contribution < 1.29 is 22.0 Å². The number of anilines is 1. The molecule has 8 heteroatoms. The van der Waals surface area contributed by atoms with Crippen molar-refractivity contribution in [2.45, 2.75) is 18.4 Å². The first-order valence-electron chi connectivity index (χ1n) is 9.05. The molecule has 30 heavy (non-hydrogen) atoms. The second kappa shape index (κ2) is 8.62. The molecular formula is C22H20F2N2O3S. The van der Waals surface area contributed by atoms with Gasteiger partial charge in [0.05, 0.1) is 4.90 Å². The minimum absolute atomic E-state index is 0.0550. The highest BCUT2D eigenvalue weighted by Crippen LogP contribution is 2.19. The minimum atomic E-state index is -3.89. The van der Waals surface area contributed by atoms with Crippen LogP contribution in [0.3, 0.4) is 0 Å². The van der Waals surface area contributed by atoms with Crippen LogP contribution in [0, 0.1) is 18.6 Å². The van der Waals surface area contributed by atoms with Crippen LogP contribution >= 0.6 is 0 Å². The number of aryl methyl sites for hydroxylation is 1. The Bertz CT molecular complexity index is 1160. The summed E-state index contributed by atoms with van der Waals surface area (Å²) >= 11 is 0. The third kappa shape index (κ3) is 5.01. The Labute approximate surface area is 174 Å². The van der Waals surface area contributed by atoms with Gasteiger partial charge in [0.25, 0.3) is 15.9 Å². The summed E-state index contributed by atoms with van der Waals surface area (Å²) in [6.07, 6.45) is 0. The fourth-order valence-corrected chi connectivity index (χ4v) is 3.98. The Morgan fingerprint density at radius 2 is 1.60 bits per heavy atom. The Balaban J connectivity index is 1.69. The molecule has 0 radical (unpaired) electrons. The first kappa shape index (κ1) is 21.4. The van der Waals surface area contributed by atoms with E-state index in [-0.39, 0.29) is 27.9 Å². The maximum atomic E-state index is 13.4. The maximum absolute atomic E-state index is 13.4. The molecule has 0 saturated heterocycles. The predicted molar refractivity (Wildman–Crippen MR) is 111 cm³/mol. The number of amides is 1. The Morgan fingerprint density at radius 1 is 0.967 bits per heavy atom. The van der Waals surface area contributed by atoms with Crippen LogP contribution in [-0.4, -0.2) is 26.3 Å². The maximum Gasteiger partial charge on any atom is 0.261 e. The monoisotopic (exact) mass is 430 g/mol. The molecule has 0 bridgehead atoms. The van der Waals surface area contributed by atoms with Crippen molar-refractivity contribution in [1.82, 2.24) is 4.90 Å². The van der Waals surface area contributed by atoms with Crippen molar-refractivity contribution in [3.63, 3.8) is 0 Å². The number of nitrogens with zero attached hydrogens (tertiary/aromatic N) is 1. The third-order valence-corrected chi connectivity index (χ3v) is 5.88. The number of rotatable bonds is 6. The van der Waals surface area contributed by atoms with Gasteiger partial charge in [-0.15, -0.1) is 0 Å². The van der Waals surface area contributed by atoms with Gasteiger partial charge >= 0.3 is 0 Å². The van der Waals surface area contributed by atoms with Crippen LogP contribution in [0.4, 0.5) is 14.5 Å². The molecule has 0 heterocycles. The molecule has 0 aromatic heterocycles. The van der Waals surface area contributed by atoms with Crippen molar-refractivity contribution >= 4 is 21.6 Å². The lowest BCUT2D eigenvalue weighted by Gasteiger charge is -2.17. The van der Waals surface area contributed by atoms with Crippen molar-refractivity contribution in [3.8, 4) is 0 Å². The molecule has 156 valence electrons. The lowest BCUT2D eigenvalue weighted by atomic mass is 10.1. The number of benzene rings is 3. The van der Waals surface area contributed by atoms with E-state index in [4.69, 9.17) is 0 Å². The van der Waals surface area contributed by atoms with Gasteiger partial charge in [0, 0.05) is 24.8 Å². The first-order valence-corrected chi connectivity index (χ1v) is 10.5. The zero-order valence-electron chi connectivity index (χ0n) is 16.4. The van der Waals surface area contributed by atoms with Crippen LogP contribution in [-0.2, 0) is 16.6 Å². The molecule has 0 aliphatic rings. The number of carbonyl (C=O) groups excluding carboxylic acids is 1. The van der Waals surface area contributed by atoms with Crippen LogP contribution in [0.15, 0.2) is 71.6 Å². The number of hydrogen-bond acceptors (Lipinski definition) is 3.